The highest BCUT2D eigenvalue weighted by Gasteiger charge is 2.08. The number of benzene rings is 2. The Bertz CT molecular complexity index is 1140. The molecule has 30 heavy (non-hydrogen) atoms. The second-order valence-corrected chi connectivity index (χ2v) is 6.98. The first-order chi connectivity index (χ1) is 14.5. The number of ether oxygens (including phenoxy) is 1. The molecular formula is C22H18ClN5O2. The third kappa shape index (κ3) is 5.01. The van der Waals surface area contributed by atoms with Gasteiger partial charge in [0.1, 0.15) is 11.6 Å². The zero-order valence-electron chi connectivity index (χ0n) is 16.1. The van der Waals surface area contributed by atoms with Crippen LogP contribution in [0.5, 0.6) is 11.6 Å². The molecule has 7 nitrogen and oxygen atoms in total. The van der Waals surface area contributed by atoms with Gasteiger partial charge in [-0.1, -0.05) is 23.7 Å². The standard InChI is InChI=1S/C22H18ClN5O2/c1-15-25-20(28-12-2-11-24-28)14-22(26-15)30-19-9-7-18(8-10-19)27-21(29)13-16-3-5-17(23)6-4-16/h2-12,14H,13H2,1H3,(H,27,29). The Hall–Kier alpha value is -3.71. The number of hydrogen-bond donors (Lipinski definition) is 1. The van der Waals surface area contributed by atoms with E-state index in [0.717, 1.165) is 5.56 Å². The maximum Gasteiger partial charge on any atom is 0.228 e. The molecular weight excluding hydrogens is 402 g/mol. The second-order valence-electron chi connectivity index (χ2n) is 6.54. The van der Waals surface area contributed by atoms with Crippen LogP contribution < -0.4 is 10.1 Å². The number of hydrogen-bond acceptors (Lipinski definition) is 5. The third-order valence-electron chi connectivity index (χ3n) is 4.18. The Morgan fingerprint density at radius 3 is 2.57 bits per heavy atom. The molecule has 8 heteroatoms. The van der Waals surface area contributed by atoms with Crippen molar-refractivity contribution in [3.05, 3.63) is 89.5 Å². The van der Waals surface area contributed by atoms with Gasteiger partial charge in [-0.25, -0.2) is 9.67 Å². The van der Waals surface area contributed by atoms with Gasteiger partial charge in [-0.3, -0.25) is 4.79 Å². The summed E-state index contributed by atoms with van der Waals surface area (Å²) in [6.07, 6.45) is 3.75. The van der Waals surface area contributed by atoms with Gasteiger partial charge in [0.25, 0.3) is 0 Å². The molecule has 2 aromatic heterocycles. The number of carbonyl (C=O) groups excluding carboxylic acids is 1. The van der Waals surface area contributed by atoms with Crippen molar-refractivity contribution in [2.75, 3.05) is 5.32 Å². The fourth-order valence-electron chi connectivity index (χ4n) is 2.82. The van der Waals surface area contributed by atoms with Crippen LogP contribution in [-0.2, 0) is 11.2 Å². The van der Waals surface area contributed by atoms with Gasteiger partial charge >= 0.3 is 0 Å². The minimum Gasteiger partial charge on any atom is -0.439 e. The highest BCUT2D eigenvalue weighted by atomic mass is 35.5. The fraction of sp³-hybridized carbons (Fsp3) is 0.0909. The number of aryl methyl sites for hydroxylation is 1. The van der Waals surface area contributed by atoms with Gasteiger partial charge in [-0.15, -0.1) is 0 Å². The van der Waals surface area contributed by atoms with Crippen LogP contribution in [0.25, 0.3) is 5.82 Å². The number of nitrogens with one attached hydrogen (secondary N) is 1. The molecule has 0 saturated carbocycles. The van der Waals surface area contributed by atoms with Crippen LogP contribution in [0.3, 0.4) is 0 Å². The lowest BCUT2D eigenvalue weighted by Crippen LogP contribution is -2.14. The molecule has 2 aromatic carbocycles. The molecule has 0 aliphatic rings. The van der Waals surface area contributed by atoms with Crippen molar-refractivity contribution in [3.63, 3.8) is 0 Å². The van der Waals surface area contributed by atoms with Crippen molar-refractivity contribution in [1.29, 1.82) is 0 Å². The van der Waals surface area contributed by atoms with Gasteiger partial charge in [-0.2, -0.15) is 10.1 Å². The smallest absolute Gasteiger partial charge is 0.228 e. The molecule has 1 amide bonds. The normalized spacial score (nSPS) is 10.6. The van der Waals surface area contributed by atoms with Crippen molar-refractivity contribution in [3.8, 4) is 17.4 Å². The van der Waals surface area contributed by atoms with Crippen molar-refractivity contribution in [2.24, 2.45) is 0 Å². The zero-order valence-corrected chi connectivity index (χ0v) is 16.9. The topological polar surface area (TPSA) is 81.9 Å². The summed E-state index contributed by atoms with van der Waals surface area (Å²) < 4.78 is 7.49. The number of rotatable bonds is 6. The van der Waals surface area contributed by atoms with Crippen molar-refractivity contribution in [2.45, 2.75) is 13.3 Å². The van der Waals surface area contributed by atoms with Gasteiger partial charge in [0.2, 0.25) is 11.8 Å². The monoisotopic (exact) mass is 419 g/mol. The van der Waals surface area contributed by atoms with Crippen molar-refractivity contribution in [1.82, 2.24) is 19.7 Å². The van der Waals surface area contributed by atoms with Crippen LogP contribution in [-0.4, -0.2) is 25.7 Å². The lowest BCUT2D eigenvalue weighted by Gasteiger charge is -2.09. The summed E-state index contributed by atoms with van der Waals surface area (Å²) in [4.78, 5) is 20.9. The van der Waals surface area contributed by atoms with Crippen LogP contribution in [0.4, 0.5) is 5.69 Å². The number of halogens is 1. The molecule has 150 valence electrons. The molecule has 0 radical (unpaired) electrons. The molecule has 4 aromatic rings. The first-order valence-corrected chi connectivity index (χ1v) is 9.61. The number of amides is 1. The van der Waals surface area contributed by atoms with E-state index in [0.29, 0.717) is 34.0 Å². The minimum atomic E-state index is -0.110. The van der Waals surface area contributed by atoms with Crippen LogP contribution in [0.2, 0.25) is 5.02 Å². The van der Waals surface area contributed by atoms with E-state index < -0.39 is 0 Å². The first-order valence-electron chi connectivity index (χ1n) is 9.23. The predicted octanol–water partition coefficient (Wildman–Crippen LogP) is 4.60. The van der Waals surface area contributed by atoms with Crippen LogP contribution in [0, 0.1) is 6.92 Å². The zero-order chi connectivity index (χ0) is 20.9. The molecule has 0 atom stereocenters. The molecule has 0 fully saturated rings. The summed E-state index contributed by atoms with van der Waals surface area (Å²) in [7, 11) is 0. The molecule has 0 saturated heterocycles. The lowest BCUT2D eigenvalue weighted by molar-refractivity contribution is -0.115. The number of nitrogens with zero attached hydrogens (tertiary/aromatic N) is 4. The van der Waals surface area contributed by atoms with Crippen LogP contribution in [0.15, 0.2) is 73.1 Å². The number of anilines is 1. The molecule has 0 unspecified atom stereocenters. The second kappa shape index (κ2) is 8.75. The fourth-order valence-corrected chi connectivity index (χ4v) is 2.95. The first kappa shape index (κ1) is 19.6. The van der Waals surface area contributed by atoms with E-state index in [1.54, 1.807) is 66.5 Å². The summed E-state index contributed by atoms with van der Waals surface area (Å²) >= 11 is 5.87. The average Bonchev–Trinajstić information content (AvgIpc) is 3.26. The molecule has 2 heterocycles. The number of aromatic nitrogens is 4. The summed E-state index contributed by atoms with van der Waals surface area (Å²) in [5.74, 6) is 2.08. The maximum absolute atomic E-state index is 12.2. The average molecular weight is 420 g/mol. The summed E-state index contributed by atoms with van der Waals surface area (Å²) in [5.41, 5.74) is 1.57. The molecule has 0 aliphatic carbocycles. The van der Waals surface area contributed by atoms with E-state index in [-0.39, 0.29) is 12.3 Å². The van der Waals surface area contributed by atoms with Crippen LogP contribution in [0.1, 0.15) is 11.4 Å². The Morgan fingerprint density at radius 1 is 1.10 bits per heavy atom. The summed E-state index contributed by atoms with van der Waals surface area (Å²) in [6, 6.07) is 17.8. The van der Waals surface area contributed by atoms with E-state index in [1.807, 2.05) is 18.2 Å². The SMILES string of the molecule is Cc1nc(Oc2ccc(NC(=O)Cc3ccc(Cl)cc3)cc2)cc(-n2cccn2)n1. The number of carbonyl (C=O) groups is 1. The minimum absolute atomic E-state index is 0.110. The van der Waals surface area contributed by atoms with E-state index >= 15 is 0 Å². The molecule has 0 bridgehead atoms. The van der Waals surface area contributed by atoms with E-state index in [9.17, 15) is 4.79 Å². The summed E-state index contributed by atoms with van der Waals surface area (Å²) in [6.45, 7) is 1.79. The quantitative estimate of drug-likeness (QED) is 0.494. The van der Waals surface area contributed by atoms with Crippen molar-refractivity contribution >= 4 is 23.2 Å². The lowest BCUT2D eigenvalue weighted by atomic mass is 10.1. The Morgan fingerprint density at radius 2 is 1.87 bits per heavy atom. The Balaban J connectivity index is 1.40. The van der Waals surface area contributed by atoms with E-state index in [4.69, 9.17) is 16.3 Å². The molecule has 0 spiro atoms. The molecule has 0 aliphatic heterocycles. The predicted molar refractivity (Wildman–Crippen MR) is 114 cm³/mol. The van der Waals surface area contributed by atoms with Crippen LogP contribution >= 0.6 is 11.6 Å². The van der Waals surface area contributed by atoms with E-state index in [2.05, 4.69) is 20.4 Å². The van der Waals surface area contributed by atoms with Gasteiger partial charge < -0.3 is 10.1 Å². The highest BCUT2D eigenvalue weighted by Crippen LogP contribution is 2.23. The molecule has 4 rings (SSSR count). The third-order valence-corrected chi connectivity index (χ3v) is 4.43. The maximum atomic E-state index is 12.2. The van der Waals surface area contributed by atoms with Crippen molar-refractivity contribution < 1.29 is 9.53 Å². The Kier molecular flexibility index (Phi) is 5.72. The summed E-state index contributed by atoms with van der Waals surface area (Å²) in [5, 5.41) is 7.69. The largest absolute Gasteiger partial charge is 0.439 e. The molecule has 1 N–H and O–H groups in total. The Labute approximate surface area is 178 Å². The highest BCUT2D eigenvalue weighted by molar-refractivity contribution is 6.30. The van der Waals surface area contributed by atoms with Gasteiger partial charge in [0.05, 0.1) is 6.42 Å². The van der Waals surface area contributed by atoms with Gasteiger partial charge in [0.15, 0.2) is 5.82 Å². The van der Waals surface area contributed by atoms with E-state index in [1.165, 1.54) is 0 Å². The van der Waals surface area contributed by atoms with Gasteiger partial charge in [0, 0.05) is 29.2 Å². The van der Waals surface area contributed by atoms with Gasteiger partial charge in [-0.05, 0) is 55.0 Å².